The van der Waals surface area contributed by atoms with Crippen molar-refractivity contribution in [3.05, 3.63) is 72.1 Å². The number of pyridine rings is 1. The van der Waals surface area contributed by atoms with E-state index < -0.39 is 23.8 Å². The van der Waals surface area contributed by atoms with Crippen LogP contribution >= 0.6 is 0 Å². The van der Waals surface area contributed by atoms with Gasteiger partial charge in [0.2, 0.25) is 11.8 Å². The predicted octanol–water partition coefficient (Wildman–Crippen LogP) is 1.20. The molecule has 1 aromatic heterocycles. The number of aromatic nitrogens is 1. The molecule has 1 unspecified atom stereocenters. The van der Waals surface area contributed by atoms with E-state index in [1.165, 1.54) is 13.2 Å². The van der Waals surface area contributed by atoms with Crippen LogP contribution in [0.2, 0.25) is 0 Å². The van der Waals surface area contributed by atoms with Crippen LogP contribution in [0.25, 0.3) is 0 Å². The highest BCUT2D eigenvalue weighted by Gasteiger charge is 2.21. The monoisotopic (exact) mass is 369 g/mol. The Morgan fingerprint density at radius 1 is 1.19 bits per heavy atom. The lowest BCUT2D eigenvalue weighted by molar-refractivity contribution is -0.141. The zero-order chi connectivity index (χ0) is 19.6. The first-order valence-corrected chi connectivity index (χ1v) is 8.01. The Labute approximate surface area is 155 Å². The maximum atomic E-state index is 12.0. The van der Waals surface area contributed by atoms with E-state index in [0.717, 1.165) is 17.7 Å². The minimum absolute atomic E-state index is 0.264. The number of carboxylic acid groups (broad SMARTS) is 1. The Bertz CT molecular complexity index is 836. The number of ether oxygens (including phenoxy) is 1. The van der Waals surface area contributed by atoms with Gasteiger partial charge in [0.25, 0.3) is 0 Å². The number of carboxylic acids is 1. The van der Waals surface area contributed by atoms with Gasteiger partial charge in [0.1, 0.15) is 5.75 Å². The van der Waals surface area contributed by atoms with Crippen LogP contribution in [0.5, 0.6) is 5.75 Å². The van der Waals surface area contributed by atoms with Gasteiger partial charge in [-0.15, -0.1) is 0 Å². The Morgan fingerprint density at radius 3 is 2.63 bits per heavy atom. The van der Waals surface area contributed by atoms with Crippen LogP contribution in [-0.2, 0) is 20.9 Å². The third-order valence-electron chi connectivity index (χ3n) is 3.54. The maximum absolute atomic E-state index is 12.0. The molecule has 3 N–H and O–H groups in total. The molecular weight excluding hydrogens is 350 g/mol. The van der Waals surface area contributed by atoms with Gasteiger partial charge in [0, 0.05) is 31.1 Å². The van der Waals surface area contributed by atoms with Gasteiger partial charge < -0.3 is 20.5 Å². The molecule has 2 aromatic rings. The fourth-order valence-electron chi connectivity index (χ4n) is 2.20. The molecule has 1 heterocycles. The van der Waals surface area contributed by atoms with E-state index in [1.807, 2.05) is 0 Å². The van der Waals surface area contributed by atoms with Gasteiger partial charge in [-0.25, -0.2) is 4.79 Å². The summed E-state index contributed by atoms with van der Waals surface area (Å²) in [6.07, 6.45) is 5.25. The molecule has 0 bridgehead atoms. The van der Waals surface area contributed by atoms with Crippen LogP contribution in [0.4, 0.5) is 0 Å². The Morgan fingerprint density at radius 2 is 1.96 bits per heavy atom. The lowest BCUT2D eigenvalue weighted by Gasteiger charge is -2.14. The Balaban J connectivity index is 1.93. The number of methoxy groups -OCH3 is 1. The Hall–Kier alpha value is -3.68. The number of carbonyl (C=O) groups is 3. The number of rotatable bonds is 8. The molecule has 0 aliphatic rings. The summed E-state index contributed by atoms with van der Waals surface area (Å²) in [7, 11) is 1.46. The van der Waals surface area contributed by atoms with E-state index in [-0.39, 0.29) is 6.54 Å². The third-order valence-corrected chi connectivity index (χ3v) is 3.54. The molecule has 0 saturated heterocycles. The van der Waals surface area contributed by atoms with E-state index in [2.05, 4.69) is 15.6 Å². The number of benzene rings is 1. The molecular formula is C19H19N3O5. The first kappa shape index (κ1) is 19.6. The van der Waals surface area contributed by atoms with Gasteiger partial charge >= 0.3 is 5.97 Å². The molecule has 0 saturated carbocycles. The van der Waals surface area contributed by atoms with E-state index in [9.17, 15) is 19.5 Å². The SMILES string of the molecule is COc1cccc(C(NC(=O)/C=C/C(=O)NCc2cccnc2)C(=O)O)c1. The van der Waals surface area contributed by atoms with Crippen molar-refractivity contribution in [3.8, 4) is 5.75 Å². The summed E-state index contributed by atoms with van der Waals surface area (Å²) in [6.45, 7) is 0.264. The molecule has 0 fully saturated rings. The minimum Gasteiger partial charge on any atom is -0.497 e. The molecule has 0 spiro atoms. The van der Waals surface area contributed by atoms with Gasteiger partial charge in [-0.05, 0) is 29.3 Å². The zero-order valence-corrected chi connectivity index (χ0v) is 14.6. The standard InChI is InChI=1S/C19H19N3O5/c1-27-15-6-2-5-14(10-15)18(19(25)26)22-17(24)8-7-16(23)21-12-13-4-3-9-20-11-13/h2-11,18H,12H2,1H3,(H,21,23)(H,22,24)(H,25,26)/b8-7+. The van der Waals surface area contributed by atoms with Crippen molar-refractivity contribution < 1.29 is 24.2 Å². The highest BCUT2D eigenvalue weighted by atomic mass is 16.5. The van der Waals surface area contributed by atoms with Crippen molar-refractivity contribution in [2.45, 2.75) is 12.6 Å². The van der Waals surface area contributed by atoms with Gasteiger partial charge in [-0.2, -0.15) is 0 Å². The molecule has 140 valence electrons. The summed E-state index contributed by atoms with van der Waals surface area (Å²) < 4.78 is 5.06. The van der Waals surface area contributed by atoms with Crippen molar-refractivity contribution in [1.29, 1.82) is 0 Å². The molecule has 0 aliphatic heterocycles. The molecule has 27 heavy (non-hydrogen) atoms. The summed E-state index contributed by atoms with van der Waals surface area (Å²) in [4.78, 5) is 39.1. The van der Waals surface area contributed by atoms with Crippen LogP contribution < -0.4 is 15.4 Å². The van der Waals surface area contributed by atoms with Crippen molar-refractivity contribution in [2.75, 3.05) is 7.11 Å². The van der Waals surface area contributed by atoms with E-state index >= 15 is 0 Å². The van der Waals surface area contributed by atoms with Crippen LogP contribution in [-0.4, -0.2) is 35.0 Å². The molecule has 0 radical (unpaired) electrons. The number of amides is 2. The average molecular weight is 369 g/mol. The molecule has 2 amide bonds. The van der Waals surface area contributed by atoms with Gasteiger partial charge in [0.15, 0.2) is 6.04 Å². The second-order valence-corrected chi connectivity index (χ2v) is 5.47. The molecule has 1 aromatic carbocycles. The van der Waals surface area contributed by atoms with Gasteiger partial charge in [-0.3, -0.25) is 14.6 Å². The fourth-order valence-corrected chi connectivity index (χ4v) is 2.20. The highest BCUT2D eigenvalue weighted by molar-refractivity contribution is 5.98. The largest absolute Gasteiger partial charge is 0.497 e. The van der Waals surface area contributed by atoms with Crippen LogP contribution in [0.3, 0.4) is 0 Å². The highest BCUT2D eigenvalue weighted by Crippen LogP contribution is 2.19. The molecule has 0 aliphatic carbocycles. The normalized spacial score (nSPS) is 11.6. The van der Waals surface area contributed by atoms with Crippen LogP contribution in [0, 0.1) is 0 Å². The van der Waals surface area contributed by atoms with Crippen molar-refractivity contribution in [3.63, 3.8) is 0 Å². The summed E-state index contributed by atoms with van der Waals surface area (Å²) >= 11 is 0. The summed E-state index contributed by atoms with van der Waals surface area (Å²) in [5.74, 6) is -1.95. The van der Waals surface area contributed by atoms with E-state index in [4.69, 9.17) is 4.74 Å². The van der Waals surface area contributed by atoms with Crippen molar-refractivity contribution in [2.24, 2.45) is 0 Å². The third kappa shape index (κ3) is 6.28. The van der Waals surface area contributed by atoms with Gasteiger partial charge in [-0.1, -0.05) is 18.2 Å². The fraction of sp³-hybridized carbons (Fsp3) is 0.158. The number of nitrogens with zero attached hydrogens (tertiary/aromatic N) is 1. The predicted molar refractivity (Wildman–Crippen MR) is 96.7 cm³/mol. The number of aliphatic carboxylic acids is 1. The summed E-state index contributed by atoms with van der Waals surface area (Å²) in [5.41, 5.74) is 1.16. The minimum atomic E-state index is -1.27. The number of carbonyl (C=O) groups excluding carboxylic acids is 2. The maximum Gasteiger partial charge on any atom is 0.330 e. The smallest absolute Gasteiger partial charge is 0.330 e. The lowest BCUT2D eigenvalue weighted by Crippen LogP contribution is -2.33. The van der Waals surface area contributed by atoms with Crippen LogP contribution in [0.15, 0.2) is 60.9 Å². The molecule has 2 rings (SSSR count). The number of nitrogens with one attached hydrogen (secondary N) is 2. The van der Waals surface area contributed by atoms with Gasteiger partial charge in [0.05, 0.1) is 7.11 Å². The lowest BCUT2D eigenvalue weighted by atomic mass is 10.1. The van der Waals surface area contributed by atoms with E-state index in [0.29, 0.717) is 11.3 Å². The quantitative estimate of drug-likeness (QED) is 0.602. The molecule has 8 nitrogen and oxygen atoms in total. The second-order valence-electron chi connectivity index (χ2n) is 5.47. The first-order chi connectivity index (χ1) is 13.0. The van der Waals surface area contributed by atoms with Crippen molar-refractivity contribution in [1.82, 2.24) is 15.6 Å². The second kappa shape index (κ2) is 9.71. The first-order valence-electron chi connectivity index (χ1n) is 8.01. The number of hydrogen-bond donors (Lipinski definition) is 3. The molecule has 1 atom stereocenters. The summed E-state index contributed by atoms with van der Waals surface area (Å²) in [6, 6.07) is 8.64. The number of hydrogen-bond acceptors (Lipinski definition) is 5. The van der Waals surface area contributed by atoms with Crippen molar-refractivity contribution >= 4 is 17.8 Å². The summed E-state index contributed by atoms with van der Waals surface area (Å²) in [5, 5.41) is 14.3. The Kier molecular flexibility index (Phi) is 7.07. The topological polar surface area (TPSA) is 118 Å². The zero-order valence-electron chi connectivity index (χ0n) is 14.6. The van der Waals surface area contributed by atoms with E-state index in [1.54, 1.807) is 42.7 Å². The van der Waals surface area contributed by atoms with Crippen LogP contribution in [0.1, 0.15) is 17.2 Å². The molecule has 8 heteroatoms. The average Bonchev–Trinajstić information content (AvgIpc) is 2.69.